The molecule has 3 atom stereocenters. The zero-order chi connectivity index (χ0) is 25.0. The Labute approximate surface area is 206 Å². The Morgan fingerprint density at radius 2 is 1.97 bits per heavy atom. The number of nitrogens with zero attached hydrogens (tertiary/aromatic N) is 2. The van der Waals surface area contributed by atoms with Crippen LogP contribution in [0.5, 0.6) is 0 Å². The normalized spacial score (nSPS) is 15.1. The largest absolute Gasteiger partial charge is 0.388 e. The number of benzene rings is 2. The zero-order valence-corrected chi connectivity index (χ0v) is 20.4. The zero-order valence-electron chi connectivity index (χ0n) is 18.9. The van der Waals surface area contributed by atoms with E-state index in [4.69, 9.17) is 11.6 Å². The Kier molecular flexibility index (Phi) is 8.35. The van der Waals surface area contributed by atoms with Crippen molar-refractivity contribution in [3.8, 4) is 0 Å². The summed E-state index contributed by atoms with van der Waals surface area (Å²) in [5.74, 6) is -2.67. The monoisotopic (exact) mass is 509 g/mol. The molecule has 0 fully saturated rings. The standard InChI is InChI=1S/C24H26ClF2N3O3S/c1-14(2)22(24(3,33)21(31)12-30-9-8-28-13-30)34-20-10-15(4-6-17(20)25)23(32)29-16-5-7-18(26)19(27)11-16/h4-11,13-14,21-22,31,33H,12H2,1-3H3,(H,29,32). The molecular weight excluding hydrogens is 484 g/mol. The fourth-order valence-corrected chi connectivity index (χ4v) is 5.12. The number of halogens is 3. The average molecular weight is 510 g/mol. The van der Waals surface area contributed by atoms with Gasteiger partial charge in [-0.25, -0.2) is 13.8 Å². The summed E-state index contributed by atoms with van der Waals surface area (Å²) in [5, 5.41) is 24.5. The lowest BCUT2D eigenvalue weighted by molar-refractivity contribution is -0.0754. The third-order valence-corrected chi connectivity index (χ3v) is 7.73. The van der Waals surface area contributed by atoms with Crippen molar-refractivity contribution in [3.05, 3.63) is 77.3 Å². The number of rotatable bonds is 9. The van der Waals surface area contributed by atoms with Crippen molar-refractivity contribution >= 4 is 35.0 Å². The van der Waals surface area contributed by atoms with Crippen LogP contribution >= 0.6 is 23.4 Å². The molecule has 1 amide bonds. The molecule has 3 rings (SSSR count). The Morgan fingerprint density at radius 1 is 1.24 bits per heavy atom. The van der Waals surface area contributed by atoms with Gasteiger partial charge in [0.05, 0.1) is 17.9 Å². The highest BCUT2D eigenvalue weighted by Crippen LogP contribution is 2.40. The van der Waals surface area contributed by atoms with E-state index in [1.54, 1.807) is 42.3 Å². The number of aliphatic hydroxyl groups is 2. The van der Waals surface area contributed by atoms with Gasteiger partial charge in [0.15, 0.2) is 11.6 Å². The van der Waals surface area contributed by atoms with E-state index in [9.17, 15) is 23.8 Å². The lowest BCUT2D eigenvalue weighted by Gasteiger charge is -2.39. The highest BCUT2D eigenvalue weighted by Gasteiger charge is 2.41. The van der Waals surface area contributed by atoms with Gasteiger partial charge < -0.3 is 20.1 Å². The van der Waals surface area contributed by atoms with E-state index >= 15 is 0 Å². The first-order valence-electron chi connectivity index (χ1n) is 10.6. The SMILES string of the molecule is CC(C)C(Sc1cc(C(=O)Nc2ccc(F)c(F)c2)ccc1Cl)C(C)(O)C(O)Cn1ccnc1. The van der Waals surface area contributed by atoms with Crippen molar-refractivity contribution in [2.24, 2.45) is 5.92 Å². The third-order valence-electron chi connectivity index (χ3n) is 5.42. The molecule has 0 aliphatic rings. The van der Waals surface area contributed by atoms with Gasteiger partial charge in [-0.2, -0.15) is 0 Å². The molecule has 1 heterocycles. The highest BCUT2D eigenvalue weighted by molar-refractivity contribution is 8.00. The second kappa shape index (κ2) is 10.9. The fraction of sp³-hybridized carbons (Fsp3) is 0.333. The molecule has 2 aromatic carbocycles. The molecule has 10 heteroatoms. The number of aliphatic hydroxyl groups excluding tert-OH is 1. The quantitative estimate of drug-likeness (QED) is 0.353. The first kappa shape index (κ1) is 26.2. The minimum absolute atomic E-state index is 0.0619. The van der Waals surface area contributed by atoms with E-state index in [2.05, 4.69) is 10.3 Å². The Bertz CT molecular complexity index is 1140. The van der Waals surface area contributed by atoms with Gasteiger partial charge in [0.2, 0.25) is 0 Å². The number of carbonyl (C=O) groups excluding carboxylic acids is 1. The summed E-state index contributed by atoms with van der Waals surface area (Å²) in [5.41, 5.74) is -1.15. The van der Waals surface area contributed by atoms with Crippen LogP contribution in [-0.2, 0) is 6.54 Å². The summed E-state index contributed by atoms with van der Waals surface area (Å²) in [7, 11) is 0. The summed E-state index contributed by atoms with van der Waals surface area (Å²) >= 11 is 7.65. The smallest absolute Gasteiger partial charge is 0.255 e. The molecule has 0 bridgehead atoms. The predicted octanol–water partition coefficient (Wildman–Crippen LogP) is 5.00. The molecule has 34 heavy (non-hydrogen) atoms. The van der Waals surface area contributed by atoms with E-state index < -0.39 is 34.5 Å². The molecule has 1 aromatic heterocycles. The first-order chi connectivity index (χ1) is 16.0. The number of anilines is 1. The molecule has 3 N–H and O–H groups in total. The van der Waals surface area contributed by atoms with E-state index in [1.807, 2.05) is 13.8 Å². The van der Waals surface area contributed by atoms with Crippen LogP contribution in [0.1, 0.15) is 31.1 Å². The van der Waals surface area contributed by atoms with Gasteiger partial charge in [0, 0.05) is 39.9 Å². The summed E-state index contributed by atoms with van der Waals surface area (Å²) in [4.78, 5) is 17.2. The lowest BCUT2D eigenvalue weighted by Crippen LogP contribution is -2.51. The van der Waals surface area contributed by atoms with Gasteiger partial charge in [-0.3, -0.25) is 4.79 Å². The van der Waals surface area contributed by atoms with Gasteiger partial charge in [-0.05, 0) is 43.2 Å². The van der Waals surface area contributed by atoms with Crippen LogP contribution in [0.2, 0.25) is 5.02 Å². The van der Waals surface area contributed by atoms with Crippen molar-refractivity contribution in [1.29, 1.82) is 0 Å². The van der Waals surface area contributed by atoms with Crippen molar-refractivity contribution in [1.82, 2.24) is 9.55 Å². The first-order valence-corrected chi connectivity index (χ1v) is 11.8. The van der Waals surface area contributed by atoms with Crippen molar-refractivity contribution in [2.45, 2.75) is 49.2 Å². The van der Waals surface area contributed by atoms with Gasteiger partial charge >= 0.3 is 0 Å². The van der Waals surface area contributed by atoms with Crippen LogP contribution in [0.3, 0.4) is 0 Å². The molecule has 3 unspecified atom stereocenters. The number of hydrogen-bond acceptors (Lipinski definition) is 5. The number of imidazole rings is 1. The minimum atomic E-state index is -1.50. The Balaban J connectivity index is 1.81. The number of thioether (sulfide) groups is 1. The molecule has 0 spiro atoms. The van der Waals surface area contributed by atoms with Crippen LogP contribution in [0.4, 0.5) is 14.5 Å². The summed E-state index contributed by atoms with van der Waals surface area (Å²) in [6.07, 6.45) is 3.75. The van der Waals surface area contributed by atoms with Crippen molar-refractivity contribution in [3.63, 3.8) is 0 Å². The molecule has 0 saturated carbocycles. The number of amides is 1. The van der Waals surface area contributed by atoms with Crippen LogP contribution in [-0.4, -0.2) is 42.6 Å². The van der Waals surface area contributed by atoms with E-state index in [-0.39, 0.29) is 23.7 Å². The maximum atomic E-state index is 13.5. The van der Waals surface area contributed by atoms with Gasteiger partial charge in [0.1, 0.15) is 11.7 Å². The number of nitrogens with one attached hydrogen (secondary N) is 1. The molecule has 3 aromatic rings. The maximum absolute atomic E-state index is 13.5. The highest BCUT2D eigenvalue weighted by atomic mass is 35.5. The van der Waals surface area contributed by atoms with Crippen LogP contribution < -0.4 is 5.32 Å². The topological polar surface area (TPSA) is 87.4 Å². The Morgan fingerprint density at radius 3 is 2.59 bits per heavy atom. The molecular formula is C24H26ClF2N3O3S. The predicted molar refractivity (Wildman–Crippen MR) is 129 cm³/mol. The van der Waals surface area contributed by atoms with Crippen molar-refractivity contribution in [2.75, 3.05) is 5.32 Å². The van der Waals surface area contributed by atoms with Crippen LogP contribution in [0, 0.1) is 17.6 Å². The maximum Gasteiger partial charge on any atom is 0.255 e. The number of hydrogen-bond donors (Lipinski definition) is 3. The molecule has 0 aliphatic heterocycles. The third kappa shape index (κ3) is 6.15. The second-order valence-corrected chi connectivity index (χ2v) is 10.1. The van der Waals surface area contributed by atoms with Crippen LogP contribution in [0.25, 0.3) is 0 Å². The van der Waals surface area contributed by atoms with Crippen LogP contribution in [0.15, 0.2) is 60.0 Å². The van der Waals surface area contributed by atoms with Crippen molar-refractivity contribution < 1.29 is 23.8 Å². The Hall–Kier alpha value is -2.46. The van der Waals surface area contributed by atoms with Gasteiger partial charge in [0.25, 0.3) is 5.91 Å². The second-order valence-electron chi connectivity index (χ2n) is 8.51. The van der Waals surface area contributed by atoms with E-state index in [1.165, 1.54) is 23.9 Å². The summed E-state index contributed by atoms with van der Waals surface area (Å²) in [6, 6.07) is 7.71. The average Bonchev–Trinajstić information content (AvgIpc) is 3.28. The fourth-order valence-electron chi connectivity index (χ4n) is 3.55. The van der Waals surface area contributed by atoms with Gasteiger partial charge in [-0.1, -0.05) is 25.4 Å². The molecule has 0 aliphatic carbocycles. The molecule has 182 valence electrons. The molecule has 6 nitrogen and oxygen atoms in total. The van der Waals surface area contributed by atoms with Gasteiger partial charge in [-0.15, -0.1) is 11.8 Å². The molecule has 0 saturated heterocycles. The summed E-state index contributed by atoms with van der Waals surface area (Å²) in [6.45, 7) is 5.56. The number of aromatic nitrogens is 2. The lowest BCUT2D eigenvalue weighted by atomic mass is 9.88. The minimum Gasteiger partial charge on any atom is -0.388 e. The number of carbonyl (C=O) groups is 1. The summed E-state index contributed by atoms with van der Waals surface area (Å²) < 4.78 is 28.3. The van der Waals surface area contributed by atoms with E-state index in [0.29, 0.717) is 9.92 Å². The van der Waals surface area contributed by atoms with E-state index in [0.717, 1.165) is 12.1 Å². The molecule has 0 radical (unpaired) electrons.